The Morgan fingerprint density at radius 3 is 2.30 bits per heavy atom. The fourth-order valence-electron chi connectivity index (χ4n) is 5.03. The van der Waals surface area contributed by atoms with Gasteiger partial charge in [-0.3, -0.25) is 24.5 Å². The maximum absolute atomic E-state index is 12.8. The van der Waals surface area contributed by atoms with Crippen molar-refractivity contribution < 1.29 is 33.9 Å². The number of hydroxylamine groups is 2. The van der Waals surface area contributed by atoms with E-state index in [0.717, 1.165) is 5.56 Å². The highest BCUT2D eigenvalue weighted by Gasteiger charge is 2.59. The highest BCUT2D eigenvalue weighted by atomic mass is 16.5. The summed E-state index contributed by atoms with van der Waals surface area (Å²) in [7, 11) is 2.51. The van der Waals surface area contributed by atoms with E-state index >= 15 is 0 Å². The van der Waals surface area contributed by atoms with E-state index in [2.05, 4.69) is 0 Å². The summed E-state index contributed by atoms with van der Waals surface area (Å²) in [4.78, 5) is 51.7. The minimum absolute atomic E-state index is 0.103. The highest BCUT2D eigenvalue weighted by molar-refractivity contribution is 6.05. The number of allylic oxidation sites excluding steroid dienone is 2. The van der Waals surface area contributed by atoms with Crippen LogP contribution in [0.3, 0.4) is 0 Å². The number of hydrogen-bond donors (Lipinski definition) is 1. The Bertz CT molecular complexity index is 972. The zero-order valence-corrected chi connectivity index (χ0v) is 16.8. The third kappa shape index (κ3) is 2.72. The minimum atomic E-state index is -0.857. The van der Waals surface area contributed by atoms with Crippen LogP contribution in [-0.2, 0) is 23.9 Å². The molecule has 1 aliphatic carbocycles. The van der Waals surface area contributed by atoms with Gasteiger partial charge in [0.05, 0.1) is 38.5 Å². The van der Waals surface area contributed by atoms with Gasteiger partial charge < -0.3 is 9.47 Å². The van der Waals surface area contributed by atoms with E-state index in [4.69, 9.17) is 9.47 Å². The molecular weight excluding hydrogens is 392 g/mol. The van der Waals surface area contributed by atoms with Crippen molar-refractivity contribution in [3.8, 4) is 0 Å². The molecule has 2 aliphatic heterocycles. The number of benzene rings is 1. The molecule has 9 nitrogen and oxygen atoms in total. The summed E-state index contributed by atoms with van der Waals surface area (Å²) in [6.45, 7) is 1.76. The zero-order valence-electron chi connectivity index (χ0n) is 16.8. The number of fused-ring (bicyclic) bond motifs is 5. The quantitative estimate of drug-likeness (QED) is 0.447. The van der Waals surface area contributed by atoms with Gasteiger partial charge >= 0.3 is 12.1 Å². The van der Waals surface area contributed by atoms with Crippen LogP contribution in [0.4, 0.5) is 4.79 Å². The second-order valence-corrected chi connectivity index (χ2v) is 7.73. The van der Waals surface area contributed by atoms with Crippen LogP contribution in [0.25, 0.3) is 0 Å². The van der Waals surface area contributed by atoms with Crippen LogP contribution in [0.5, 0.6) is 0 Å². The van der Waals surface area contributed by atoms with Gasteiger partial charge in [-0.1, -0.05) is 37.3 Å². The number of amides is 3. The van der Waals surface area contributed by atoms with Gasteiger partial charge in [0.1, 0.15) is 0 Å². The van der Waals surface area contributed by atoms with Gasteiger partial charge in [-0.05, 0) is 17.0 Å². The molecule has 4 rings (SSSR count). The molecule has 30 heavy (non-hydrogen) atoms. The molecule has 1 aromatic carbocycles. The third-order valence-corrected chi connectivity index (χ3v) is 6.29. The van der Waals surface area contributed by atoms with Gasteiger partial charge in [0.15, 0.2) is 0 Å². The summed E-state index contributed by atoms with van der Waals surface area (Å²) >= 11 is 0. The van der Waals surface area contributed by atoms with Gasteiger partial charge in [0, 0.05) is 11.6 Å². The van der Waals surface area contributed by atoms with Crippen LogP contribution >= 0.6 is 0 Å². The second kappa shape index (κ2) is 7.24. The Hall–Kier alpha value is -3.20. The number of methoxy groups -OCH3 is 2. The van der Waals surface area contributed by atoms with Crippen LogP contribution in [0.1, 0.15) is 36.4 Å². The monoisotopic (exact) mass is 414 g/mol. The number of esters is 1. The average molecular weight is 414 g/mol. The summed E-state index contributed by atoms with van der Waals surface area (Å²) in [5, 5.41) is 10.2. The lowest BCUT2D eigenvalue weighted by molar-refractivity contribution is -0.173. The summed E-state index contributed by atoms with van der Waals surface area (Å²) in [6.07, 6.45) is 0.972. The van der Waals surface area contributed by atoms with E-state index in [9.17, 15) is 24.4 Å². The van der Waals surface area contributed by atoms with E-state index in [1.54, 1.807) is 31.2 Å². The van der Waals surface area contributed by atoms with Gasteiger partial charge in [-0.2, -0.15) is 5.06 Å². The Morgan fingerprint density at radius 1 is 1.03 bits per heavy atom. The Kier molecular flexibility index (Phi) is 4.85. The topological polar surface area (TPSA) is 113 Å². The fourth-order valence-corrected chi connectivity index (χ4v) is 5.03. The molecule has 0 bridgehead atoms. The normalized spacial score (nSPS) is 29.6. The molecular formula is C21H22N2O7. The molecule has 158 valence electrons. The van der Waals surface area contributed by atoms with Gasteiger partial charge in [0.25, 0.3) is 11.8 Å². The molecule has 0 spiro atoms. The molecule has 1 N–H and O–H groups in total. The van der Waals surface area contributed by atoms with Crippen molar-refractivity contribution in [3.05, 3.63) is 47.2 Å². The van der Waals surface area contributed by atoms with Crippen LogP contribution in [0.15, 0.2) is 36.0 Å². The first-order valence-corrected chi connectivity index (χ1v) is 9.63. The summed E-state index contributed by atoms with van der Waals surface area (Å²) in [6, 6.07) is 6.48. The van der Waals surface area contributed by atoms with Crippen LogP contribution in [0, 0.1) is 17.8 Å². The number of imide groups is 1. The molecule has 0 radical (unpaired) electrons. The maximum Gasteiger partial charge on any atom is 0.414 e. The molecule has 2 heterocycles. The van der Waals surface area contributed by atoms with Gasteiger partial charge in [0.2, 0.25) is 0 Å². The summed E-state index contributed by atoms with van der Waals surface area (Å²) in [5.41, 5.74) is 1.89. The number of nitrogens with zero attached hydrogens (tertiary/aromatic N) is 2. The minimum Gasteiger partial charge on any atom is -0.469 e. The largest absolute Gasteiger partial charge is 0.469 e. The molecule has 1 saturated heterocycles. The molecule has 5 atom stereocenters. The lowest BCUT2D eigenvalue weighted by Crippen LogP contribution is -2.47. The second-order valence-electron chi connectivity index (χ2n) is 7.73. The molecule has 0 aromatic heterocycles. The van der Waals surface area contributed by atoms with Crippen LogP contribution < -0.4 is 0 Å². The number of carbonyl (C=O) groups is 4. The number of carbonyl (C=O) groups excluding carboxylic acids is 4. The van der Waals surface area contributed by atoms with Crippen molar-refractivity contribution in [3.63, 3.8) is 0 Å². The number of rotatable bonds is 2. The van der Waals surface area contributed by atoms with Gasteiger partial charge in [-0.25, -0.2) is 4.79 Å². The van der Waals surface area contributed by atoms with Crippen LogP contribution in [-0.4, -0.2) is 53.3 Å². The van der Waals surface area contributed by atoms with Crippen LogP contribution in [0.2, 0.25) is 0 Å². The molecule has 3 aliphatic rings. The maximum atomic E-state index is 12.8. The van der Waals surface area contributed by atoms with Gasteiger partial charge in [-0.15, -0.1) is 0 Å². The molecule has 9 heteroatoms. The SMILES string of the molecule is COC(=O)C[C@H]1c2ccccc2[C@@H]2C(=C[C@@H](C)[C@H]3C(=O)N(O)C(=O)[C@H]32)N1C(=O)OC. The first-order chi connectivity index (χ1) is 14.3. The Balaban J connectivity index is 1.95. The zero-order chi connectivity index (χ0) is 21.7. The molecule has 1 fully saturated rings. The van der Waals surface area contributed by atoms with E-state index in [1.807, 2.05) is 6.07 Å². The van der Waals surface area contributed by atoms with E-state index in [0.29, 0.717) is 11.3 Å². The standard InChI is InChI=1S/C21H22N2O7/c1-10-8-14-17(18-16(10)19(25)23(28)20(18)26)12-7-5-4-6-11(12)13(9-15(24)29-2)22(14)21(27)30-3/h4-8,10,13,16-18,28H,9H2,1-3H3/t10-,13+,16-,17-,18-/m1/s1. The summed E-state index contributed by atoms with van der Waals surface area (Å²) < 4.78 is 9.82. The number of hydrogen-bond acceptors (Lipinski definition) is 7. The van der Waals surface area contributed by atoms with E-state index in [-0.39, 0.29) is 11.5 Å². The first kappa shape index (κ1) is 20.1. The Morgan fingerprint density at radius 2 is 1.67 bits per heavy atom. The van der Waals surface area contributed by atoms with Crippen molar-refractivity contribution in [1.82, 2.24) is 9.96 Å². The highest BCUT2D eigenvalue weighted by Crippen LogP contribution is 2.55. The van der Waals surface area contributed by atoms with Crippen molar-refractivity contribution in [2.45, 2.75) is 25.3 Å². The Labute approximate surface area is 172 Å². The average Bonchev–Trinajstić information content (AvgIpc) is 2.98. The van der Waals surface area contributed by atoms with E-state index < -0.39 is 53.6 Å². The lowest BCUT2D eigenvalue weighted by atomic mass is 9.65. The van der Waals surface area contributed by atoms with E-state index in [1.165, 1.54) is 19.1 Å². The molecule has 1 aromatic rings. The predicted molar refractivity (Wildman–Crippen MR) is 101 cm³/mol. The summed E-state index contributed by atoms with van der Waals surface area (Å²) in [5.74, 6) is -4.48. The molecule has 0 saturated carbocycles. The van der Waals surface area contributed by atoms with Crippen molar-refractivity contribution in [1.29, 1.82) is 0 Å². The molecule has 0 unspecified atom stereocenters. The van der Waals surface area contributed by atoms with Crippen molar-refractivity contribution in [2.75, 3.05) is 14.2 Å². The predicted octanol–water partition coefficient (Wildman–Crippen LogP) is 1.98. The smallest absolute Gasteiger partial charge is 0.414 e. The molecule has 3 amide bonds. The number of ether oxygens (including phenoxy) is 2. The lowest BCUT2D eigenvalue weighted by Gasteiger charge is -2.47. The third-order valence-electron chi connectivity index (χ3n) is 6.29. The first-order valence-electron chi connectivity index (χ1n) is 9.63. The van der Waals surface area contributed by atoms with Crippen molar-refractivity contribution in [2.24, 2.45) is 17.8 Å². The fraction of sp³-hybridized carbons (Fsp3) is 0.429. The van der Waals surface area contributed by atoms with Crippen molar-refractivity contribution >= 4 is 23.9 Å².